The average Bonchev–Trinajstić information content (AvgIpc) is 2.84. The van der Waals surface area contributed by atoms with E-state index in [1.807, 2.05) is 0 Å². The second kappa shape index (κ2) is 4.45. The molecule has 0 N–H and O–H groups in total. The lowest BCUT2D eigenvalue weighted by atomic mass is 9.89. The molecular weight excluding hydrogens is 226 g/mol. The molecule has 0 aromatic carbocycles. The first-order chi connectivity index (χ1) is 7.62. The molecule has 0 amide bonds. The molecule has 2 rings (SSSR count). The fourth-order valence-electron chi connectivity index (χ4n) is 2.77. The van der Waals surface area contributed by atoms with Gasteiger partial charge in [0.2, 0.25) is 10.0 Å². The molecule has 1 saturated carbocycles. The van der Waals surface area contributed by atoms with Crippen molar-refractivity contribution in [1.82, 2.24) is 4.31 Å². The Morgan fingerprint density at radius 2 is 1.50 bits per heavy atom. The smallest absolute Gasteiger partial charge is 0.226 e. The highest BCUT2D eigenvalue weighted by Gasteiger charge is 2.48. The summed E-state index contributed by atoms with van der Waals surface area (Å²) in [6.07, 6.45) is 6.32. The summed E-state index contributed by atoms with van der Waals surface area (Å²) in [6, 6.07) is 0. The molecule has 1 heterocycles. The second-order valence-electron chi connectivity index (χ2n) is 4.85. The molecule has 0 spiro atoms. The van der Waals surface area contributed by atoms with Gasteiger partial charge < -0.3 is 4.79 Å². The Morgan fingerprint density at radius 1 is 0.938 bits per heavy atom. The van der Waals surface area contributed by atoms with Gasteiger partial charge in [0.1, 0.15) is 11.0 Å². The van der Waals surface area contributed by atoms with Crippen molar-refractivity contribution in [1.29, 1.82) is 0 Å². The first kappa shape index (κ1) is 12.0. The minimum absolute atomic E-state index is 0.509. The molecule has 0 aromatic rings. The zero-order valence-electron chi connectivity index (χ0n) is 9.52. The minimum atomic E-state index is -3.41. The molecule has 0 atom stereocenters. The van der Waals surface area contributed by atoms with Crippen LogP contribution in [-0.4, -0.2) is 36.8 Å². The molecule has 2 fully saturated rings. The molecule has 1 aliphatic carbocycles. The van der Waals surface area contributed by atoms with Gasteiger partial charge in [-0.2, -0.15) is 0 Å². The molecule has 5 heteroatoms. The Kier molecular flexibility index (Phi) is 3.35. The van der Waals surface area contributed by atoms with Crippen LogP contribution in [0.15, 0.2) is 0 Å². The number of carbonyl (C=O) groups is 1. The van der Waals surface area contributed by atoms with Crippen molar-refractivity contribution < 1.29 is 13.2 Å². The zero-order valence-corrected chi connectivity index (χ0v) is 10.3. The zero-order chi connectivity index (χ0) is 11.6. The highest BCUT2D eigenvalue weighted by molar-refractivity contribution is 7.91. The number of sulfonamides is 1. The molecule has 1 aliphatic heterocycles. The summed E-state index contributed by atoms with van der Waals surface area (Å²) in [5.41, 5.74) is 0. The monoisotopic (exact) mass is 245 g/mol. The van der Waals surface area contributed by atoms with Crippen LogP contribution in [0.3, 0.4) is 0 Å². The molecule has 0 radical (unpaired) electrons. The van der Waals surface area contributed by atoms with E-state index in [0.717, 1.165) is 32.1 Å². The summed E-state index contributed by atoms with van der Waals surface area (Å²) >= 11 is 0. The van der Waals surface area contributed by atoms with Crippen LogP contribution in [-0.2, 0) is 14.8 Å². The van der Waals surface area contributed by atoms with Crippen LogP contribution in [0.4, 0.5) is 0 Å². The molecule has 1 saturated heterocycles. The fraction of sp³-hybridized carbons (Fsp3) is 0.909. The van der Waals surface area contributed by atoms with Gasteiger partial charge in [0.05, 0.1) is 0 Å². The maximum Gasteiger partial charge on any atom is 0.226 e. The number of hydrogen-bond donors (Lipinski definition) is 0. The van der Waals surface area contributed by atoms with Crippen LogP contribution in [0.25, 0.3) is 0 Å². The Balaban J connectivity index is 2.28. The van der Waals surface area contributed by atoms with E-state index < -0.39 is 14.8 Å². The third kappa shape index (κ3) is 1.80. The largest absolute Gasteiger partial charge is 0.302 e. The van der Waals surface area contributed by atoms with Gasteiger partial charge in [-0.25, -0.2) is 12.7 Å². The fourth-order valence-corrected chi connectivity index (χ4v) is 4.95. The Hall–Kier alpha value is -0.420. The van der Waals surface area contributed by atoms with E-state index in [1.54, 1.807) is 0 Å². The van der Waals surface area contributed by atoms with Crippen molar-refractivity contribution in [3.05, 3.63) is 0 Å². The lowest BCUT2D eigenvalue weighted by molar-refractivity contribution is -0.110. The van der Waals surface area contributed by atoms with Crippen molar-refractivity contribution >= 4 is 16.3 Å². The van der Waals surface area contributed by atoms with Gasteiger partial charge in [-0.3, -0.25) is 0 Å². The number of nitrogens with zero attached hydrogens (tertiary/aromatic N) is 1. The SMILES string of the molecule is O=CC1(S(=O)(=O)N2CCCC2)CCCCC1. The number of aldehydes is 1. The van der Waals surface area contributed by atoms with E-state index in [2.05, 4.69) is 0 Å². The molecule has 0 bridgehead atoms. The summed E-state index contributed by atoms with van der Waals surface area (Å²) < 4.78 is 25.3. The van der Waals surface area contributed by atoms with Crippen LogP contribution >= 0.6 is 0 Å². The van der Waals surface area contributed by atoms with Gasteiger partial charge >= 0.3 is 0 Å². The third-order valence-corrected chi connectivity index (χ3v) is 6.41. The highest BCUT2D eigenvalue weighted by Crippen LogP contribution is 2.36. The highest BCUT2D eigenvalue weighted by atomic mass is 32.2. The van der Waals surface area contributed by atoms with Gasteiger partial charge in [-0.1, -0.05) is 19.3 Å². The molecule has 0 aromatic heterocycles. The average molecular weight is 245 g/mol. The minimum Gasteiger partial charge on any atom is -0.302 e. The Labute approximate surface area is 97.1 Å². The van der Waals surface area contributed by atoms with E-state index in [-0.39, 0.29) is 0 Å². The maximum absolute atomic E-state index is 12.4. The van der Waals surface area contributed by atoms with Crippen LogP contribution in [0, 0.1) is 0 Å². The van der Waals surface area contributed by atoms with Gasteiger partial charge in [-0.15, -0.1) is 0 Å². The first-order valence-electron chi connectivity index (χ1n) is 6.08. The van der Waals surface area contributed by atoms with Gasteiger partial charge in [0, 0.05) is 13.1 Å². The van der Waals surface area contributed by atoms with Crippen molar-refractivity contribution in [3.63, 3.8) is 0 Å². The van der Waals surface area contributed by atoms with E-state index in [0.29, 0.717) is 32.2 Å². The van der Waals surface area contributed by atoms with Crippen LogP contribution < -0.4 is 0 Å². The molecule has 16 heavy (non-hydrogen) atoms. The normalized spacial score (nSPS) is 26.8. The van der Waals surface area contributed by atoms with E-state index in [9.17, 15) is 13.2 Å². The Bertz CT molecular complexity index is 351. The predicted molar refractivity (Wildman–Crippen MR) is 61.6 cm³/mol. The van der Waals surface area contributed by atoms with Gasteiger partial charge in [-0.05, 0) is 25.7 Å². The maximum atomic E-state index is 12.4. The number of carbonyl (C=O) groups excluding carboxylic acids is 1. The summed E-state index contributed by atoms with van der Waals surface area (Å²) in [5.74, 6) is 0. The lowest BCUT2D eigenvalue weighted by Gasteiger charge is -2.34. The van der Waals surface area contributed by atoms with Crippen molar-refractivity contribution in [2.75, 3.05) is 13.1 Å². The van der Waals surface area contributed by atoms with Gasteiger partial charge in [0.15, 0.2) is 0 Å². The summed E-state index contributed by atoms with van der Waals surface area (Å²) in [4.78, 5) is 11.3. The van der Waals surface area contributed by atoms with Gasteiger partial charge in [0.25, 0.3) is 0 Å². The van der Waals surface area contributed by atoms with E-state index in [4.69, 9.17) is 0 Å². The molecule has 4 nitrogen and oxygen atoms in total. The van der Waals surface area contributed by atoms with Crippen molar-refractivity contribution in [3.8, 4) is 0 Å². The van der Waals surface area contributed by atoms with Crippen molar-refractivity contribution in [2.45, 2.75) is 49.7 Å². The van der Waals surface area contributed by atoms with E-state index in [1.165, 1.54) is 4.31 Å². The van der Waals surface area contributed by atoms with Crippen LogP contribution in [0.2, 0.25) is 0 Å². The second-order valence-corrected chi connectivity index (χ2v) is 7.13. The lowest BCUT2D eigenvalue weighted by Crippen LogP contribution is -2.49. The standard InChI is InChI=1S/C11H19NO3S/c13-10-11(6-2-1-3-7-11)16(14,15)12-8-4-5-9-12/h10H,1-9H2. The summed E-state index contributed by atoms with van der Waals surface area (Å²) in [5, 5.41) is 0. The van der Waals surface area contributed by atoms with Crippen LogP contribution in [0.1, 0.15) is 44.9 Å². The Morgan fingerprint density at radius 3 is 2.00 bits per heavy atom. The first-order valence-corrected chi connectivity index (χ1v) is 7.52. The molecule has 2 aliphatic rings. The third-order valence-electron chi connectivity index (χ3n) is 3.83. The molecule has 0 unspecified atom stereocenters. The predicted octanol–water partition coefficient (Wildman–Crippen LogP) is 1.31. The van der Waals surface area contributed by atoms with Crippen molar-refractivity contribution in [2.24, 2.45) is 0 Å². The van der Waals surface area contributed by atoms with E-state index >= 15 is 0 Å². The molecule has 92 valence electrons. The molecular formula is C11H19NO3S. The topological polar surface area (TPSA) is 54.5 Å². The number of hydrogen-bond acceptors (Lipinski definition) is 3. The van der Waals surface area contributed by atoms with Crippen LogP contribution in [0.5, 0.6) is 0 Å². The summed E-state index contributed by atoms with van der Waals surface area (Å²) in [7, 11) is -3.41. The number of rotatable bonds is 3. The summed E-state index contributed by atoms with van der Waals surface area (Å²) in [6.45, 7) is 1.19. The quantitative estimate of drug-likeness (QED) is 0.705.